The first-order chi connectivity index (χ1) is 19.8. The van der Waals surface area contributed by atoms with Crippen molar-refractivity contribution in [3.05, 3.63) is 138 Å². The summed E-state index contributed by atoms with van der Waals surface area (Å²) in [7, 11) is 0. The molecule has 3 nitrogen and oxygen atoms in total. The van der Waals surface area contributed by atoms with E-state index in [1.165, 1.54) is 10.8 Å². The minimum absolute atomic E-state index is 0.874. The average molecular weight is 512 g/mol. The zero-order valence-corrected chi connectivity index (χ0v) is 21.4. The maximum atomic E-state index is 6.35. The second kappa shape index (κ2) is 8.00. The van der Waals surface area contributed by atoms with Crippen molar-refractivity contribution in [3.8, 4) is 11.1 Å². The van der Waals surface area contributed by atoms with Crippen LogP contribution >= 0.6 is 0 Å². The van der Waals surface area contributed by atoms with Crippen LogP contribution in [0.3, 0.4) is 0 Å². The minimum Gasteiger partial charge on any atom is -0.455 e. The number of rotatable bonds is 2. The van der Waals surface area contributed by atoms with Crippen LogP contribution in [0.5, 0.6) is 0 Å². The van der Waals surface area contributed by atoms with E-state index in [1.807, 2.05) is 42.5 Å². The number of H-pyrrole nitrogens is 1. The largest absolute Gasteiger partial charge is 0.455 e. The Hall–Kier alpha value is -5.50. The van der Waals surface area contributed by atoms with E-state index in [1.54, 1.807) is 0 Å². The molecule has 0 amide bonds. The number of nitrogens with one attached hydrogen (secondary N) is 1. The summed E-state index contributed by atoms with van der Waals surface area (Å²) in [6, 6.07) is 36.0. The fraction of sp³-hybridized carbons (Fsp3) is 0. The predicted molar refractivity (Wildman–Crippen MR) is 164 cm³/mol. The molecule has 1 N–H and O–H groups in total. The average Bonchev–Trinajstić information content (AvgIpc) is 3.63. The van der Waals surface area contributed by atoms with Gasteiger partial charge in [0.1, 0.15) is 22.5 Å². The SMILES string of the molecule is C1=CC=C(c2ccc3c(c2)[nH]c2cc(-c4cccc5c4oc4ccccc45)ccc23)c2oc3ccccc3c2C=1. The van der Waals surface area contributed by atoms with Crippen LogP contribution in [-0.4, -0.2) is 4.98 Å². The molecule has 40 heavy (non-hydrogen) atoms. The summed E-state index contributed by atoms with van der Waals surface area (Å²) in [5.74, 6) is 0.874. The molecule has 0 saturated carbocycles. The Kier molecular flexibility index (Phi) is 4.29. The first-order valence-corrected chi connectivity index (χ1v) is 13.4. The van der Waals surface area contributed by atoms with E-state index >= 15 is 0 Å². The maximum Gasteiger partial charge on any atom is 0.143 e. The van der Waals surface area contributed by atoms with Gasteiger partial charge >= 0.3 is 0 Å². The van der Waals surface area contributed by atoms with Gasteiger partial charge < -0.3 is 13.8 Å². The summed E-state index contributed by atoms with van der Waals surface area (Å²) < 4.78 is 12.7. The predicted octanol–water partition coefficient (Wildman–Crippen LogP) is 10.2. The van der Waals surface area contributed by atoms with Crippen LogP contribution in [0.25, 0.3) is 77.5 Å². The van der Waals surface area contributed by atoms with Crippen molar-refractivity contribution < 1.29 is 8.83 Å². The van der Waals surface area contributed by atoms with Gasteiger partial charge in [-0.15, -0.1) is 5.73 Å². The van der Waals surface area contributed by atoms with Crippen LogP contribution < -0.4 is 0 Å². The van der Waals surface area contributed by atoms with Gasteiger partial charge in [0.15, 0.2) is 0 Å². The molecule has 0 unspecified atom stereocenters. The molecule has 9 rings (SSSR count). The van der Waals surface area contributed by atoms with Crippen LogP contribution in [0.1, 0.15) is 16.9 Å². The number of benzene rings is 5. The monoisotopic (exact) mass is 511 g/mol. The number of para-hydroxylation sites is 3. The Morgan fingerprint density at radius 3 is 2.12 bits per heavy atom. The van der Waals surface area contributed by atoms with Gasteiger partial charge in [0.05, 0.1) is 0 Å². The van der Waals surface area contributed by atoms with Crippen LogP contribution in [0.15, 0.2) is 130 Å². The molecule has 0 atom stereocenters. The molecule has 0 spiro atoms. The molecule has 1 aliphatic carbocycles. The number of allylic oxidation sites excluding steroid dienone is 2. The normalized spacial score (nSPS) is 13.1. The van der Waals surface area contributed by atoms with E-state index in [0.717, 1.165) is 77.5 Å². The van der Waals surface area contributed by atoms with E-state index in [9.17, 15) is 0 Å². The van der Waals surface area contributed by atoms with Crippen LogP contribution in [0, 0.1) is 0 Å². The smallest absolute Gasteiger partial charge is 0.143 e. The van der Waals surface area contributed by atoms with Gasteiger partial charge in [-0.2, -0.15) is 0 Å². The fourth-order valence-corrected chi connectivity index (χ4v) is 6.19. The molecule has 186 valence electrons. The van der Waals surface area contributed by atoms with Gasteiger partial charge in [-0.25, -0.2) is 0 Å². The van der Waals surface area contributed by atoms with E-state index in [0.29, 0.717) is 0 Å². The van der Waals surface area contributed by atoms with E-state index < -0.39 is 0 Å². The number of hydrogen-bond donors (Lipinski definition) is 1. The summed E-state index contributed by atoms with van der Waals surface area (Å²) in [5.41, 5.74) is 13.6. The number of aromatic nitrogens is 1. The lowest BCUT2D eigenvalue weighted by molar-refractivity contribution is 0.599. The molecule has 8 aromatic rings. The van der Waals surface area contributed by atoms with Crippen molar-refractivity contribution in [1.82, 2.24) is 4.98 Å². The molecule has 0 fully saturated rings. The lowest BCUT2D eigenvalue weighted by atomic mass is 9.98. The second-order valence-electron chi connectivity index (χ2n) is 10.3. The fourth-order valence-electron chi connectivity index (χ4n) is 6.19. The first-order valence-electron chi connectivity index (χ1n) is 13.4. The van der Waals surface area contributed by atoms with Crippen LogP contribution in [0.2, 0.25) is 0 Å². The van der Waals surface area contributed by atoms with Crippen molar-refractivity contribution in [3.63, 3.8) is 0 Å². The van der Waals surface area contributed by atoms with Gasteiger partial charge in [0.2, 0.25) is 0 Å². The summed E-state index contributed by atoms with van der Waals surface area (Å²) in [5, 5.41) is 5.77. The Morgan fingerprint density at radius 2 is 1.27 bits per heavy atom. The molecule has 0 bridgehead atoms. The van der Waals surface area contributed by atoms with Gasteiger partial charge in [-0.05, 0) is 53.6 Å². The third-order valence-corrected chi connectivity index (χ3v) is 8.08. The summed E-state index contributed by atoms with van der Waals surface area (Å²) >= 11 is 0. The molecule has 0 radical (unpaired) electrons. The van der Waals surface area contributed by atoms with Gasteiger partial charge in [0, 0.05) is 54.7 Å². The Balaban J connectivity index is 1.19. The Bertz CT molecular complexity index is 2420. The lowest BCUT2D eigenvalue weighted by Crippen LogP contribution is -1.88. The van der Waals surface area contributed by atoms with Crippen molar-refractivity contribution in [1.29, 1.82) is 0 Å². The number of aromatic amines is 1. The molecule has 3 heterocycles. The molecule has 1 aliphatic rings. The van der Waals surface area contributed by atoms with E-state index in [4.69, 9.17) is 8.83 Å². The van der Waals surface area contributed by atoms with Gasteiger partial charge in [-0.1, -0.05) is 78.9 Å². The molecule has 5 aromatic carbocycles. The quantitative estimate of drug-likeness (QED) is 0.235. The maximum absolute atomic E-state index is 6.35. The summed E-state index contributed by atoms with van der Waals surface area (Å²) in [6.45, 7) is 0. The topological polar surface area (TPSA) is 42.1 Å². The lowest BCUT2D eigenvalue weighted by Gasteiger charge is -2.06. The molecule has 3 aromatic heterocycles. The van der Waals surface area contributed by atoms with Crippen LogP contribution in [0.4, 0.5) is 0 Å². The molecular formula is C37H21NO2. The van der Waals surface area contributed by atoms with Gasteiger partial charge in [-0.3, -0.25) is 0 Å². The zero-order chi connectivity index (χ0) is 26.2. The minimum atomic E-state index is 0.874. The molecule has 0 aliphatic heterocycles. The Morgan fingerprint density at radius 1 is 0.575 bits per heavy atom. The summed E-state index contributed by atoms with van der Waals surface area (Å²) in [4.78, 5) is 3.69. The number of hydrogen-bond acceptors (Lipinski definition) is 2. The standard InChI is InChI=1S/C37H21NO2/c1-2-11-30-28-9-3-5-14-34(28)39-36(30)24(8-1)22-16-18-26-27-19-17-23(21-33(27)38-32(26)20-22)25-12-7-13-31-29-10-4-6-15-35(29)40-37(25)31/h1,3-21,38H. The highest BCUT2D eigenvalue weighted by atomic mass is 16.3. The highest BCUT2D eigenvalue weighted by Crippen LogP contribution is 2.39. The van der Waals surface area contributed by atoms with Crippen molar-refractivity contribution >= 4 is 66.4 Å². The Labute approximate surface area is 229 Å². The molecule has 0 saturated heterocycles. The molecule has 3 heteroatoms. The van der Waals surface area contributed by atoms with E-state index in [2.05, 4.69) is 89.6 Å². The zero-order valence-electron chi connectivity index (χ0n) is 21.4. The van der Waals surface area contributed by atoms with Crippen molar-refractivity contribution in [2.45, 2.75) is 0 Å². The van der Waals surface area contributed by atoms with Crippen molar-refractivity contribution in [2.75, 3.05) is 0 Å². The summed E-state index contributed by atoms with van der Waals surface area (Å²) in [6.07, 6.45) is 6.05. The van der Waals surface area contributed by atoms with Gasteiger partial charge in [0.25, 0.3) is 0 Å². The van der Waals surface area contributed by atoms with E-state index in [-0.39, 0.29) is 0 Å². The second-order valence-corrected chi connectivity index (χ2v) is 10.3. The number of fused-ring (bicyclic) bond motifs is 9. The highest BCUT2D eigenvalue weighted by Gasteiger charge is 2.19. The highest BCUT2D eigenvalue weighted by molar-refractivity contribution is 6.12. The number of furan rings is 2. The third kappa shape index (κ3) is 3.01. The third-order valence-electron chi connectivity index (χ3n) is 8.08. The van der Waals surface area contributed by atoms with Crippen molar-refractivity contribution in [2.24, 2.45) is 0 Å². The molecular weight excluding hydrogens is 490 g/mol. The van der Waals surface area contributed by atoms with Crippen LogP contribution in [-0.2, 0) is 0 Å². The first kappa shape index (κ1) is 21.4.